The Hall–Kier alpha value is -0.610. The fourth-order valence-electron chi connectivity index (χ4n) is 4.36. The summed E-state index contributed by atoms with van der Waals surface area (Å²) in [6, 6.07) is 0. The summed E-state index contributed by atoms with van der Waals surface area (Å²) in [4.78, 5) is 17.3. The third kappa shape index (κ3) is 5.19. The second kappa shape index (κ2) is 6.53. The SMILES string of the molecule is CC(C)(C)CC(=O)N1CC2CN(CC3(COC(C)(C)C)CC3)CC2C1. The van der Waals surface area contributed by atoms with Crippen LogP contribution in [0.15, 0.2) is 0 Å². The lowest BCUT2D eigenvalue weighted by atomic mass is 9.91. The van der Waals surface area contributed by atoms with E-state index in [4.69, 9.17) is 4.74 Å². The van der Waals surface area contributed by atoms with E-state index >= 15 is 0 Å². The number of ether oxygens (including phenoxy) is 1. The summed E-state index contributed by atoms with van der Waals surface area (Å²) in [7, 11) is 0. The van der Waals surface area contributed by atoms with Crippen molar-refractivity contribution < 1.29 is 9.53 Å². The van der Waals surface area contributed by atoms with Gasteiger partial charge in [0.15, 0.2) is 0 Å². The molecule has 4 nitrogen and oxygen atoms in total. The summed E-state index contributed by atoms with van der Waals surface area (Å²) >= 11 is 0. The van der Waals surface area contributed by atoms with E-state index in [9.17, 15) is 4.79 Å². The van der Waals surface area contributed by atoms with E-state index in [0.717, 1.165) is 19.7 Å². The van der Waals surface area contributed by atoms with Crippen LogP contribution in [0.3, 0.4) is 0 Å². The zero-order valence-electron chi connectivity index (χ0n) is 17.2. The van der Waals surface area contributed by atoms with Gasteiger partial charge in [0.2, 0.25) is 5.91 Å². The van der Waals surface area contributed by atoms with Crippen molar-refractivity contribution in [1.82, 2.24) is 9.80 Å². The van der Waals surface area contributed by atoms with Gasteiger partial charge in [0.1, 0.15) is 0 Å². The van der Waals surface area contributed by atoms with E-state index in [-0.39, 0.29) is 11.0 Å². The zero-order valence-corrected chi connectivity index (χ0v) is 17.2. The maximum absolute atomic E-state index is 12.5. The number of fused-ring (bicyclic) bond motifs is 1. The number of nitrogens with zero attached hydrogens (tertiary/aromatic N) is 2. The highest BCUT2D eigenvalue weighted by atomic mass is 16.5. The highest BCUT2D eigenvalue weighted by molar-refractivity contribution is 5.77. The molecule has 2 saturated heterocycles. The number of hydrogen-bond donors (Lipinski definition) is 0. The number of hydrogen-bond acceptors (Lipinski definition) is 3. The van der Waals surface area contributed by atoms with Crippen molar-refractivity contribution in [1.29, 1.82) is 0 Å². The molecule has 0 aromatic heterocycles. The molecule has 3 fully saturated rings. The van der Waals surface area contributed by atoms with Crippen LogP contribution in [-0.2, 0) is 9.53 Å². The van der Waals surface area contributed by atoms with Crippen molar-refractivity contribution in [2.45, 2.75) is 66.4 Å². The lowest BCUT2D eigenvalue weighted by Gasteiger charge is -2.29. The maximum atomic E-state index is 12.5. The third-order valence-corrected chi connectivity index (χ3v) is 5.92. The van der Waals surface area contributed by atoms with Crippen LogP contribution in [0.5, 0.6) is 0 Å². The molecule has 25 heavy (non-hydrogen) atoms. The smallest absolute Gasteiger partial charge is 0.223 e. The second-order valence-corrected chi connectivity index (χ2v) is 11.2. The summed E-state index contributed by atoms with van der Waals surface area (Å²) in [5, 5.41) is 0. The summed E-state index contributed by atoms with van der Waals surface area (Å²) in [6.07, 6.45) is 3.29. The molecule has 0 aromatic rings. The van der Waals surface area contributed by atoms with Gasteiger partial charge in [-0.2, -0.15) is 0 Å². The molecule has 3 aliphatic rings. The first-order chi connectivity index (χ1) is 11.4. The standard InChI is InChI=1S/C21H38N2O2/c1-19(2,3)9-18(24)23-12-16-10-22(11-17(16)13-23)14-21(7-8-21)15-25-20(4,5)6/h16-17H,7-15H2,1-6H3. The molecule has 1 amide bonds. The monoisotopic (exact) mass is 350 g/mol. The number of rotatable bonds is 5. The van der Waals surface area contributed by atoms with Gasteiger partial charge in [-0.25, -0.2) is 0 Å². The Balaban J connectivity index is 1.45. The fraction of sp³-hybridized carbons (Fsp3) is 0.952. The topological polar surface area (TPSA) is 32.8 Å². The predicted molar refractivity (Wildman–Crippen MR) is 101 cm³/mol. The van der Waals surface area contributed by atoms with Gasteiger partial charge in [-0.3, -0.25) is 4.79 Å². The molecule has 0 radical (unpaired) electrons. The largest absolute Gasteiger partial charge is 0.375 e. The summed E-state index contributed by atoms with van der Waals surface area (Å²) in [5.41, 5.74) is 0.463. The molecule has 1 aliphatic carbocycles. The number of carbonyl (C=O) groups excluding carboxylic acids is 1. The summed E-state index contributed by atoms with van der Waals surface area (Å²) in [5.74, 6) is 1.72. The Labute approximate surface area is 154 Å². The molecular formula is C21H38N2O2. The van der Waals surface area contributed by atoms with E-state index in [1.54, 1.807) is 0 Å². The van der Waals surface area contributed by atoms with Crippen LogP contribution in [0.2, 0.25) is 0 Å². The average Bonchev–Trinajstić information content (AvgIpc) is 2.91. The molecule has 1 saturated carbocycles. The van der Waals surface area contributed by atoms with Crippen molar-refractivity contribution >= 4 is 5.91 Å². The molecule has 0 aromatic carbocycles. The molecule has 4 heteroatoms. The lowest BCUT2D eigenvalue weighted by Crippen LogP contribution is -2.37. The molecule has 0 N–H and O–H groups in total. The van der Waals surface area contributed by atoms with E-state index in [0.29, 0.717) is 29.6 Å². The normalized spacial score (nSPS) is 29.1. The first-order valence-corrected chi connectivity index (χ1v) is 10.1. The van der Waals surface area contributed by atoms with Crippen LogP contribution in [0.4, 0.5) is 0 Å². The average molecular weight is 351 g/mol. The molecule has 0 spiro atoms. The van der Waals surface area contributed by atoms with Gasteiger partial charge in [-0.15, -0.1) is 0 Å². The van der Waals surface area contributed by atoms with E-state index in [2.05, 4.69) is 51.3 Å². The molecular weight excluding hydrogens is 312 g/mol. The highest BCUT2D eigenvalue weighted by Gasteiger charge is 2.48. The summed E-state index contributed by atoms with van der Waals surface area (Å²) in [6.45, 7) is 19.3. The van der Waals surface area contributed by atoms with Crippen LogP contribution in [0, 0.1) is 22.7 Å². The Bertz CT molecular complexity index is 485. The van der Waals surface area contributed by atoms with Gasteiger partial charge >= 0.3 is 0 Å². The molecule has 3 rings (SSSR count). The van der Waals surface area contributed by atoms with Gasteiger partial charge in [0.05, 0.1) is 12.2 Å². The number of likely N-dealkylation sites (tertiary alicyclic amines) is 2. The predicted octanol–water partition coefficient (Wildman–Crippen LogP) is 3.41. The molecule has 0 bridgehead atoms. The van der Waals surface area contributed by atoms with E-state index in [1.165, 1.54) is 32.5 Å². The Morgan fingerprint density at radius 2 is 1.56 bits per heavy atom. The second-order valence-electron chi connectivity index (χ2n) is 11.2. The van der Waals surface area contributed by atoms with Gasteiger partial charge in [0, 0.05) is 44.6 Å². The van der Waals surface area contributed by atoms with Gasteiger partial charge in [-0.1, -0.05) is 20.8 Å². The highest BCUT2D eigenvalue weighted by Crippen LogP contribution is 2.48. The minimum absolute atomic E-state index is 0.0367. The van der Waals surface area contributed by atoms with E-state index in [1.807, 2.05) is 0 Å². The van der Waals surface area contributed by atoms with Crippen LogP contribution in [0.25, 0.3) is 0 Å². The third-order valence-electron chi connectivity index (χ3n) is 5.92. The van der Waals surface area contributed by atoms with Crippen molar-refractivity contribution in [3.8, 4) is 0 Å². The fourth-order valence-corrected chi connectivity index (χ4v) is 4.36. The van der Waals surface area contributed by atoms with Crippen LogP contribution in [0.1, 0.15) is 60.8 Å². The van der Waals surface area contributed by atoms with Gasteiger partial charge < -0.3 is 14.5 Å². The minimum atomic E-state index is -0.0367. The van der Waals surface area contributed by atoms with E-state index < -0.39 is 0 Å². The van der Waals surface area contributed by atoms with Crippen molar-refractivity contribution in [3.63, 3.8) is 0 Å². The molecule has 2 heterocycles. The van der Waals surface area contributed by atoms with Crippen LogP contribution >= 0.6 is 0 Å². The first kappa shape index (κ1) is 19.2. The van der Waals surface area contributed by atoms with Gasteiger partial charge in [-0.05, 0) is 50.9 Å². The molecule has 2 aliphatic heterocycles. The molecule has 2 unspecified atom stereocenters. The van der Waals surface area contributed by atoms with Crippen LogP contribution in [-0.4, -0.2) is 60.6 Å². The lowest BCUT2D eigenvalue weighted by molar-refractivity contribution is -0.132. The van der Waals surface area contributed by atoms with Crippen molar-refractivity contribution in [3.05, 3.63) is 0 Å². The van der Waals surface area contributed by atoms with Crippen molar-refractivity contribution in [2.75, 3.05) is 39.3 Å². The Morgan fingerprint density at radius 3 is 2.00 bits per heavy atom. The molecule has 144 valence electrons. The Morgan fingerprint density at radius 1 is 1.00 bits per heavy atom. The maximum Gasteiger partial charge on any atom is 0.223 e. The first-order valence-electron chi connectivity index (χ1n) is 10.1. The number of carbonyl (C=O) groups is 1. The van der Waals surface area contributed by atoms with Gasteiger partial charge in [0.25, 0.3) is 0 Å². The Kier molecular flexibility index (Phi) is 5.00. The number of amides is 1. The summed E-state index contributed by atoms with van der Waals surface area (Å²) < 4.78 is 6.08. The molecule has 2 atom stereocenters. The zero-order chi connectivity index (χ0) is 18.5. The quantitative estimate of drug-likeness (QED) is 0.762. The van der Waals surface area contributed by atoms with Crippen LogP contribution < -0.4 is 0 Å². The minimum Gasteiger partial charge on any atom is -0.375 e. The van der Waals surface area contributed by atoms with Crippen molar-refractivity contribution in [2.24, 2.45) is 22.7 Å².